The first-order chi connectivity index (χ1) is 23.5. The fraction of sp³-hybridized carbons (Fsp3) is 0.342. The number of phenolic OH excluding ortho intramolecular Hbond substituents is 1. The lowest BCUT2D eigenvalue weighted by Crippen LogP contribution is -2.59. The van der Waals surface area contributed by atoms with Crippen LogP contribution in [0, 0.1) is 5.92 Å². The van der Waals surface area contributed by atoms with Gasteiger partial charge in [-0.1, -0.05) is 17.7 Å². The number of esters is 1. The van der Waals surface area contributed by atoms with E-state index in [2.05, 4.69) is 68.9 Å². The van der Waals surface area contributed by atoms with Crippen LogP contribution in [0.5, 0.6) is 11.5 Å². The van der Waals surface area contributed by atoms with Crippen LogP contribution in [0.25, 0.3) is 21.9 Å². The van der Waals surface area contributed by atoms with Gasteiger partial charge < -0.3 is 28.3 Å². The lowest BCUT2D eigenvalue weighted by molar-refractivity contribution is -0.131. The van der Waals surface area contributed by atoms with Crippen LogP contribution in [0.15, 0.2) is 92.5 Å². The summed E-state index contributed by atoms with van der Waals surface area (Å²) in [6, 6.07) is 14.4. The van der Waals surface area contributed by atoms with Crippen LogP contribution in [0.2, 0.25) is 0 Å². The number of methoxy groups -OCH3 is 1. The topological polar surface area (TPSA) is 116 Å². The molecule has 4 heterocycles. The van der Waals surface area contributed by atoms with Crippen molar-refractivity contribution in [3.05, 3.63) is 110 Å². The molecular formula is C38H40BrN3O7. The van der Waals surface area contributed by atoms with Crippen molar-refractivity contribution in [3.8, 4) is 11.5 Å². The highest BCUT2D eigenvalue weighted by atomic mass is 79.9. The van der Waals surface area contributed by atoms with E-state index >= 15 is 0 Å². The average Bonchev–Trinajstić information content (AvgIpc) is 3.40. The van der Waals surface area contributed by atoms with Gasteiger partial charge in [0.15, 0.2) is 11.5 Å². The maximum absolute atomic E-state index is 12.5. The molecule has 0 amide bonds. The zero-order valence-electron chi connectivity index (χ0n) is 28.2. The number of nitrogens with zero attached hydrogens (tertiary/aromatic N) is 3. The van der Waals surface area contributed by atoms with Gasteiger partial charge in [0.05, 0.1) is 12.2 Å². The third-order valence-electron chi connectivity index (χ3n) is 9.36. The molecule has 3 atom stereocenters. The van der Waals surface area contributed by atoms with Crippen molar-refractivity contribution in [1.82, 2.24) is 14.5 Å². The smallest absolute Gasteiger partial charge is 0.339 e. The Balaban J connectivity index is 0.000000197. The van der Waals surface area contributed by atoms with Crippen LogP contribution in [-0.2, 0) is 28.5 Å². The number of aromatic hydroxyl groups is 1. The summed E-state index contributed by atoms with van der Waals surface area (Å²) < 4.78 is 25.4. The molecule has 2 aliphatic rings. The molecule has 1 N–H and O–H groups in total. The molecule has 1 saturated heterocycles. The van der Waals surface area contributed by atoms with Gasteiger partial charge in [-0.05, 0) is 91.1 Å². The first kappa shape index (κ1) is 34.4. The molecule has 1 fully saturated rings. The van der Waals surface area contributed by atoms with Crippen LogP contribution in [0.3, 0.4) is 0 Å². The van der Waals surface area contributed by atoms with Crippen molar-refractivity contribution in [3.63, 3.8) is 0 Å². The molecule has 49 heavy (non-hydrogen) atoms. The van der Waals surface area contributed by atoms with Gasteiger partial charge in [-0.2, -0.15) is 0 Å². The second-order valence-electron chi connectivity index (χ2n) is 13.0. The molecule has 7 rings (SSSR count). The Morgan fingerprint density at radius 2 is 1.98 bits per heavy atom. The van der Waals surface area contributed by atoms with Crippen molar-refractivity contribution >= 4 is 43.8 Å². The number of carbonyl (C=O) groups excluding carboxylic acids is 1. The number of halogens is 1. The van der Waals surface area contributed by atoms with E-state index in [0.29, 0.717) is 35.5 Å². The van der Waals surface area contributed by atoms with Gasteiger partial charge >= 0.3 is 11.6 Å². The summed E-state index contributed by atoms with van der Waals surface area (Å²) in [5, 5.41) is 11.7. The standard InChI is InChI=1S/C24H26BrN3O3.C14H14O4/c1-27-13-17-8-21-24(30-3,19-5-4-6-20(27)22(17)19)9-15(12-28(21)2)14-31-23(29)16-7-18(25)11-26-10-16;1-9(2)5-6-17-13-8-12-10(7-11(13)15)3-4-14(16)18-12/h4-7,10-11,13,15,21H,8-9,12,14H2,1-3H3;3-5,7-8,15H,6H2,1-2H3. The van der Waals surface area contributed by atoms with Crippen LogP contribution < -0.4 is 10.4 Å². The molecule has 0 spiro atoms. The summed E-state index contributed by atoms with van der Waals surface area (Å²) in [5.41, 5.74) is 4.99. The Kier molecular flexibility index (Phi) is 9.96. The molecule has 0 radical (unpaired) electrons. The Bertz CT molecular complexity index is 2100. The van der Waals surface area contributed by atoms with Crippen molar-refractivity contribution in [1.29, 1.82) is 0 Å². The number of ether oxygens (including phenoxy) is 3. The van der Waals surface area contributed by atoms with Crippen molar-refractivity contribution in [2.45, 2.75) is 38.3 Å². The van der Waals surface area contributed by atoms with Gasteiger partial charge in [-0.15, -0.1) is 0 Å². The molecule has 1 aliphatic heterocycles. The minimum atomic E-state index is -0.427. The van der Waals surface area contributed by atoms with E-state index in [1.807, 2.05) is 27.0 Å². The lowest BCUT2D eigenvalue weighted by atomic mass is 9.69. The van der Waals surface area contributed by atoms with Gasteiger partial charge in [0.25, 0.3) is 0 Å². The van der Waals surface area contributed by atoms with E-state index in [1.165, 1.54) is 46.4 Å². The van der Waals surface area contributed by atoms with E-state index in [4.69, 9.17) is 18.6 Å². The van der Waals surface area contributed by atoms with Gasteiger partial charge in [-0.25, -0.2) is 9.59 Å². The number of carbonyl (C=O) groups is 1. The normalized spacial score (nSPS) is 19.9. The zero-order chi connectivity index (χ0) is 34.9. The van der Waals surface area contributed by atoms with Crippen LogP contribution in [0.1, 0.15) is 41.8 Å². The van der Waals surface area contributed by atoms with Crippen molar-refractivity contribution < 1.29 is 28.5 Å². The van der Waals surface area contributed by atoms with E-state index < -0.39 is 11.2 Å². The number of aromatic nitrogens is 2. The number of phenols is 1. The van der Waals surface area contributed by atoms with Gasteiger partial charge in [0.2, 0.25) is 0 Å². The van der Waals surface area contributed by atoms with E-state index in [1.54, 1.807) is 18.3 Å². The van der Waals surface area contributed by atoms with E-state index in [0.717, 1.165) is 29.4 Å². The quantitative estimate of drug-likeness (QED) is 0.110. The lowest BCUT2D eigenvalue weighted by Gasteiger charge is -2.53. The SMILES string of the molecule is CC(C)=CCOc1cc2oc(=O)ccc2cc1O.COC12CC(COC(=O)c3cncc(Br)c3)CN(C)C1Cc1cn(C)c3cccc2c13. The number of pyridine rings is 1. The number of benzene rings is 2. The zero-order valence-corrected chi connectivity index (χ0v) is 29.8. The van der Waals surface area contributed by atoms with Gasteiger partial charge in [-0.3, -0.25) is 9.88 Å². The van der Waals surface area contributed by atoms with E-state index in [-0.39, 0.29) is 23.7 Å². The third-order valence-corrected chi connectivity index (χ3v) is 9.79. The first-order valence-corrected chi connectivity index (χ1v) is 16.9. The summed E-state index contributed by atoms with van der Waals surface area (Å²) in [5.74, 6) is 0.153. The Morgan fingerprint density at radius 3 is 2.73 bits per heavy atom. The fourth-order valence-electron chi connectivity index (χ4n) is 7.12. The molecular weight excluding hydrogens is 690 g/mol. The minimum Gasteiger partial charge on any atom is -0.504 e. The van der Waals surface area contributed by atoms with Crippen molar-refractivity contribution in [2.75, 3.05) is 33.9 Å². The second kappa shape index (κ2) is 14.2. The number of hydrogen-bond acceptors (Lipinski definition) is 9. The van der Waals surface area contributed by atoms with E-state index in [9.17, 15) is 14.7 Å². The van der Waals surface area contributed by atoms with Crippen molar-refractivity contribution in [2.24, 2.45) is 13.0 Å². The highest BCUT2D eigenvalue weighted by Gasteiger charge is 2.51. The van der Waals surface area contributed by atoms with Gasteiger partial charge in [0.1, 0.15) is 17.8 Å². The maximum atomic E-state index is 12.5. The number of fused-ring (bicyclic) bond motifs is 3. The number of piperidine rings is 1. The van der Waals surface area contributed by atoms with Crippen LogP contribution in [0.4, 0.5) is 0 Å². The summed E-state index contributed by atoms with van der Waals surface area (Å²) in [7, 11) is 6.07. The number of rotatable bonds is 7. The third kappa shape index (κ3) is 7.01. The second-order valence-corrected chi connectivity index (χ2v) is 13.9. The predicted molar refractivity (Wildman–Crippen MR) is 191 cm³/mol. The molecule has 5 aromatic rings. The number of hydrogen-bond donors (Lipinski definition) is 1. The molecule has 11 heteroatoms. The molecule has 3 unspecified atom stereocenters. The monoisotopic (exact) mass is 729 g/mol. The molecule has 10 nitrogen and oxygen atoms in total. The minimum absolute atomic E-state index is 0.0264. The van der Waals surface area contributed by atoms with Crippen LogP contribution in [-0.4, -0.2) is 65.5 Å². The fourth-order valence-corrected chi connectivity index (χ4v) is 7.49. The summed E-state index contributed by atoms with van der Waals surface area (Å²) >= 11 is 3.35. The Labute approximate surface area is 293 Å². The highest BCUT2D eigenvalue weighted by Crippen LogP contribution is 2.49. The number of allylic oxidation sites excluding steroid dienone is 1. The average molecular weight is 731 g/mol. The Hall–Kier alpha value is -4.45. The maximum Gasteiger partial charge on any atom is 0.339 e. The van der Waals surface area contributed by atoms with Crippen LogP contribution >= 0.6 is 15.9 Å². The summed E-state index contributed by atoms with van der Waals surface area (Å²) in [6.45, 7) is 5.49. The highest BCUT2D eigenvalue weighted by molar-refractivity contribution is 9.10. The Morgan fingerprint density at radius 1 is 1.16 bits per heavy atom. The molecule has 0 saturated carbocycles. The molecule has 2 aromatic carbocycles. The number of aryl methyl sites for hydroxylation is 1. The summed E-state index contributed by atoms with van der Waals surface area (Å²) in [6.07, 6.45) is 9.10. The molecule has 256 valence electrons. The summed E-state index contributed by atoms with van der Waals surface area (Å²) in [4.78, 5) is 30.1. The molecule has 1 aliphatic carbocycles. The first-order valence-electron chi connectivity index (χ1n) is 16.1. The van der Waals surface area contributed by atoms with Gasteiger partial charge in [0, 0.05) is 84.1 Å². The predicted octanol–water partition coefficient (Wildman–Crippen LogP) is 6.75. The molecule has 0 bridgehead atoms. The largest absolute Gasteiger partial charge is 0.504 e. The number of likely N-dealkylation sites (N-methyl/N-ethyl adjacent to an activating group) is 1. The number of likely N-dealkylation sites (tertiary alicyclic amines) is 1. The molecule has 3 aromatic heterocycles.